The molecular formula is C12H13NO2. The Hall–Kier alpha value is -1.82. The minimum atomic E-state index is -0.539. The maximum absolute atomic E-state index is 11.5. The highest BCUT2D eigenvalue weighted by Crippen LogP contribution is 2.19. The number of nitriles is 1. The number of esters is 1. The van der Waals surface area contributed by atoms with E-state index in [1.165, 1.54) is 0 Å². The third-order valence-electron chi connectivity index (χ3n) is 1.79. The second-order valence-electron chi connectivity index (χ2n) is 4.28. The van der Waals surface area contributed by atoms with Crippen molar-refractivity contribution in [2.45, 2.75) is 20.8 Å². The first-order valence-corrected chi connectivity index (χ1v) is 4.66. The van der Waals surface area contributed by atoms with Crippen molar-refractivity contribution in [1.29, 1.82) is 5.26 Å². The van der Waals surface area contributed by atoms with E-state index in [0.717, 1.165) is 0 Å². The number of ether oxygens (including phenoxy) is 1. The van der Waals surface area contributed by atoms with E-state index in [4.69, 9.17) is 10.00 Å². The van der Waals surface area contributed by atoms with Crippen LogP contribution in [0.25, 0.3) is 0 Å². The summed E-state index contributed by atoms with van der Waals surface area (Å²) in [4.78, 5) is 11.5. The van der Waals surface area contributed by atoms with Gasteiger partial charge in [0.25, 0.3) is 0 Å². The topological polar surface area (TPSA) is 50.1 Å². The zero-order valence-electron chi connectivity index (χ0n) is 9.07. The van der Waals surface area contributed by atoms with Gasteiger partial charge in [-0.15, -0.1) is 0 Å². The molecule has 15 heavy (non-hydrogen) atoms. The molecule has 0 heterocycles. The van der Waals surface area contributed by atoms with E-state index in [1.54, 1.807) is 45.0 Å². The third-order valence-corrected chi connectivity index (χ3v) is 1.79. The van der Waals surface area contributed by atoms with Crippen LogP contribution in [0.15, 0.2) is 24.3 Å². The molecule has 0 saturated carbocycles. The predicted molar refractivity (Wildman–Crippen MR) is 56.2 cm³/mol. The molecule has 1 aromatic carbocycles. The second kappa shape index (κ2) is 4.14. The van der Waals surface area contributed by atoms with E-state index in [0.29, 0.717) is 11.3 Å². The maximum Gasteiger partial charge on any atom is 0.316 e. The molecular weight excluding hydrogens is 190 g/mol. The highest BCUT2D eigenvalue weighted by molar-refractivity contribution is 5.77. The van der Waals surface area contributed by atoms with Gasteiger partial charge in [0.15, 0.2) is 0 Å². The summed E-state index contributed by atoms with van der Waals surface area (Å²) in [6.07, 6.45) is 0. The molecule has 78 valence electrons. The fraction of sp³-hybridized carbons (Fsp3) is 0.333. The molecule has 0 atom stereocenters. The van der Waals surface area contributed by atoms with Crippen molar-refractivity contribution >= 4 is 5.97 Å². The molecule has 0 amide bonds. The van der Waals surface area contributed by atoms with Crippen LogP contribution in [0, 0.1) is 16.7 Å². The molecule has 0 radical (unpaired) electrons. The van der Waals surface area contributed by atoms with Crippen molar-refractivity contribution in [2.24, 2.45) is 5.41 Å². The third kappa shape index (κ3) is 3.10. The predicted octanol–water partition coefficient (Wildman–Crippen LogP) is 2.51. The maximum atomic E-state index is 11.5. The fourth-order valence-electron chi connectivity index (χ4n) is 0.889. The lowest BCUT2D eigenvalue weighted by atomic mass is 9.97. The van der Waals surface area contributed by atoms with E-state index < -0.39 is 5.41 Å². The van der Waals surface area contributed by atoms with E-state index in [-0.39, 0.29) is 5.97 Å². The van der Waals surface area contributed by atoms with E-state index in [1.807, 2.05) is 6.07 Å². The summed E-state index contributed by atoms with van der Waals surface area (Å²) in [5, 5.41) is 8.67. The summed E-state index contributed by atoms with van der Waals surface area (Å²) in [7, 11) is 0. The smallest absolute Gasteiger partial charge is 0.316 e. The molecule has 0 aromatic heterocycles. The van der Waals surface area contributed by atoms with Crippen LogP contribution in [0.4, 0.5) is 0 Å². The molecule has 0 aliphatic carbocycles. The highest BCUT2D eigenvalue weighted by atomic mass is 16.5. The Balaban J connectivity index is 2.83. The van der Waals surface area contributed by atoms with Crippen LogP contribution in [-0.4, -0.2) is 5.97 Å². The first-order chi connectivity index (χ1) is 6.93. The fourth-order valence-corrected chi connectivity index (χ4v) is 0.889. The Morgan fingerprint density at radius 2 is 2.07 bits per heavy atom. The average Bonchev–Trinajstić information content (AvgIpc) is 2.16. The van der Waals surface area contributed by atoms with Gasteiger partial charge in [-0.1, -0.05) is 6.07 Å². The van der Waals surface area contributed by atoms with Gasteiger partial charge < -0.3 is 4.74 Å². The molecule has 1 rings (SSSR count). The van der Waals surface area contributed by atoms with Gasteiger partial charge in [0, 0.05) is 0 Å². The van der Waals surface area contributed by atoms with Gasteiger partial charge in [0.05, 0.1) is 17.0 Å². The zero-order chi connectivity index (χ0) is 11.5. The molecule has 0 unspecified atom stereocenters. The Morgan fingerprint density at radius 3 is 2.60 bits per heavy atom. The van der Waals surface area contributed by atoms with Crippen molar-refractivity contribution < 1.29 is 9.53 Å². The lowest BCUT2D eigenvalue weighted by Gasteiger charge is -2.16. The first-order valence-electron chi connectivity index (χ1n) is 4.66. The van der Waals surface area contributed by atoms with Crippen LogP contribution in [0.2, 0.25) is 0 Å². The van der Waals surface area contributed by atoms with Gasteiger partial charge in [0.1, 0.15) is 5.75 Å². The summed E-state index contributed by atoms with van der Waals surface area (Å²) < 4.78 is 5.13. The summed E-state index contributed by atoms with van der Waals surface area (Å²) in [6, 6.07) is 8.54. The summed E-state index contributed by atoms with van der Waals surface area (Å²) in [6.45, 7) is 5.34. The van der Waals surface area contributed by atoms with Gasteiger partial charge in [0.2, 0.25) is 0 Å². The molecule has 0 spiro atoms. The number of carbonyl (C=O) groups excluding carboxylic acids is 1. The summed E-state index contributed by atoms with van der Waals surface area (Å²) >= 11 is 0. The molecule has 0 aliphatic heterocycles. The van der Waals surface area contributed by atoms with Gasteiger partial charge in [-0.3, -0.25) is 4.79 Å². The van der Waals surface area contributed by atoms with Crippen LogP contribution >= 0.6 is 0 Å². The van der Waals surface area contributed by atoms with Crippen molar-refractivity contribution in [1.82, 2.24) is 0 Å². The van der Waals surface area contributed by atoms with Crippen molar-refractivity contribution in [3.63, 3.8) is 0 Å². The van der Waals surface area contributed by atoms with Crippen LogP contribution in [-0.2, 0) is 4.79 Å². The Bertz CT molecular complexity index is 410. The number of carbonyl (C=O) groups is 1. The van der Waals surface area contributed by atoms with Crippen LogP contribution in [0.5, 0.6) is 5.75 Å². The zero-order valence-corrected chi connectivity index (χ0v) is 9.07. The van der Waals surface area contributed by atoms with Crippen LogP contribution in [0.1, 0.15) is 26.3 Å². The molecule has 0 fully saturated rings. The summed E-state index contributed by atoms with van der Waals surface area (Å²) in [5.41, 5.74) is -0.0583. The number of nitrogens with zero attached hydrogens (tertiary/aromatic N) is 1. The minimum Gasteiger partial charge on any atom is -0.426 e. The number of hydrogen-bond acceptors (Lipinski definition) is 3. The van der Waals surface area contributed by atoms with Crippen LogP contribution in [0.3, 0.4) is 0 Å². The second-order valence-corrected chi connectivity index (χ2v) is 4.28. The lowest BCUT2D eigenvalue weighted by Crippen LogP contribution is -2.25. The number of rotatable bonds is 1. The Labute approximate surface area is 89.3 Å². The normalized spacial score (nSPS) is 10.5. The Kier molecular flexibility index (Phi) is 3.11. The molecule has 1 aromatic rings. The Morgan fingerprint density at radius 1 is 1.40 bits per heavy atom. The van der Waals surface area contributed by atoms with Gasteiger partial charge >= 0.3 is 5.97 Å². The van der Waals surface area contributed by atoms with Crippen molar-refractivity contribution in [3.8, 4) is 11.8 Å². The molecule has 3 heteroatoms. The number of hydrogen-bond donors (Lipinski definition) is 0. The molecule has 0 bridgehead atoms. The number of benzene rings is 1. The van der Waals surface area contributed by atoms with Crippen LogP contribution < -0.4 is 4.74 Å². The lowest BCUT2D eigenvalue weighted by molar-refractivity contribution is -0.142. The van der Waals surface area contributed by atoms with E-state index >= 15 is 0 Å². The standard InChI is InChI=1S/C12H13NO2/c1-12(2,3)11(14)15-10-6-4-5-9(7-10)8-13/h4-7H,1-3H3. The molecule has 0 N–H and O–H groups in total. The van der Waals surface area contributed by atoms with Crippen molar-refractivity contribution in [2.75, 3.05) is 0 Å². The van der Waals surface area contributed by atoms with Gasteiger partial charge in [-0.25, -0.2) is 0 Å². The average molecular weight is 203 g/mol. The van der Waals surface area contributed by atoms with Crippen molar-refractivity contribution in [3.05, 3.63) is 29.8 Å². The quantitative estimate of drug-likeness (QED) is 0.520. The minimum absolute atomic E-state index is 0.308. The largest absolute Gasteiger partial charge is 0.426 e. The molecule has 3 nitrogen and oxygen atoms in total. The van der Waals surface area contributed by atoms with Gasteiger partial charge in [-0.05, 0) is 39.0 Å². The van der Waals surface area contributed by atoms with E-state index in [2.05, 4.69) is 0 Å². The molecule has 0 aliphatic rings. The first kappa shape index (κ1) is 11.3. The highest BCUT2D eigenvalue weighted by Gasteiger charge is 2.23. The monoisotopic (exact) mass is 203 g/mol. The SMILES string of the molecule is CC(C)(C)C(=O)Oc1cccc(C#N)c1. The summed E-state index contributed by atoms with van der Waals surface area (Å²) in [5.74, 6) is 0.103. The van der Waals surface area contributed by atoms with E-state index in [9.17, 15) is 4.79 Å². The van der Waals surface area contributed by atoms with Gasteiger partial charge in [-0.2, -0.15) is 5.26 Å². The molecule has 0 saturated heterocycles.